The molecule has 0 saturated carbocycles. The molecule has 172 valence electrons. The molecule has 1 N–H and O–H groups in total. The van der Waals surface area contributed by atoms with Crippen molar-refractivity contribution in [2.75, 3.05) is 26.2 Å². The molecular weight excluding hydrogens is 415 g/mol. The molecule has 1 spiro atoms. The number of nitrogens with zero attached hydrogens (tertiary/aromatic N) is 3. The van der Waals surface area contributed by atoms with Crippen LogP contribution in [-0.4, -0.2) is 76.2 Å². The maximum absolute atomic E-state index is 13.5. The Morgan fingerprint density at radius 2 is 1.84 bits per heavy atom. The van der Waals surface area contributed by atoms with Crippen LogP contribution in [0.15, 0.2) is 24.3 Å². The molecule has 8 nitrogen and oxygen atoms in total. The van der Waals surface area contributed by atoms with Crippen LogP contribution in [0.2, 0.25) is 0 Å². The van der Waals surface area contributed by atoms with E-state index in [0.29, 0.717) is 45.3 Å². The second-order valence-corrected chi connectivity index (χ2v) is 9.22. The highest BCUT2D eigenvalue weighted by Gasteiger charge is 2.55. The predicted octanol–water partition coefficient (Wildman–Crippen LogP) is 2.00. The minimum atomic E-state index is -0.986. The predicted molar refractivity (Wildman–Crippen MR) is 114 cm³/mol. The van der Waals surface area contributed by atoms with Crippen molar-refractivity contribution < 1.29 is 23.6 Å². The van der Waals surface area contributed by atoms with Crippen molar-refractivity contribution >= 4 is 23.8 Å². The molecule has 3 saturated heterocycles. The van der Waals surface area contributed by atoms with Gasteiger partial charge in [-0.3, -0.25) is 19.3 Å². The fraction of sp³-hybridized carbons (Fsp3) is 0.565. The maximum atomic E-state index is 13.5. The summed E-state index contributed by atoms with van der Waals surface area (Å²) in [5.41, 5.74) is -0.735. The van der Waals surface area contributed by atoms with Crippen molar-refractivity contribution in [3.63, 3.8) is 0 Å². The molecule has 5 amide bonds. The lowest BCUT2D eigenvalue weighted by Crippen LogP contribution is -2.57. The van der Waals surface area contributed by atoms with Crippen molar-refractivity contribution in [2.24, 2.45) is 5.92 Å². The number of urea groups is 1. The van der Waals surface area contributed by atoms with E-state index in [1.54, 1.807) is 15.9 Å². The monoisotopic (exact) mass is 444 g/mol. The first-order valence-electron chi connectivity index (χ1n) is 11.2. The Bertz CT molecular complexity index is 942. The zero-order chi connectivity index (χ0) is 23.0. The van der Waals surface area contributed by atoms with E-state index < -0.39 is 23.4 Å². The van der Waals surface area contributed by atoms with Crippen LogP contribution in [0.25, 0.3) is 0 Å². The first-order chi connectivity index (χ1) is 15.2. The largest absolute Gasteiger partial charge is 0.342 e. The molecule has 1 unspecified atom stereocenters. The van der Waals surface area contributed by atoms with Crippen LogP contribution in [-0.2, 0) is 9.59 Å². The van der Waals surface area contributed by atoms with Crippen LogP contribution in [0.4, 0.5) is 9.18 Å². The Kier molecular flexibility index (Phi) is 5.92. The van der Waals surface area contributed by atoms with Gasteiger partial charge in [0.1, 0.15) is 11.4 Å². The molecule has 0 aromatic heterocycles. The summed E-state index contributed by atoms with van der Waals surface area (Å²) in [6, 6.07) is 4.65. The number of nitrogens with one attached hydrogen (secondary N) is 1. The maximum Gasteiger partial charge on any atom is 0.325 e. The molecule has 3 fully saturated rings. The van der Waals surface area contributed by atoms with Gasteiger partial charge in [0, 0.05) is 37.7 Å². The second-order valence-electron chi connectivity index (χ2n) is 9.22. The Morgan fingerprint density at radius 1 is 1.12 bits per heavy atom. The molecule has 1 aromatic carbocycles. The molecule has 1 atom stereocenters. The lowest BCUT2D eigenvalue weighted by atomic mass is 9.86. The zero-order valence-corrected chi connectivity index (χ0v) is 18.5. The number of benzene rings is 1. The Labute approximate surface area is 186 Å². The van der Waals surface area contributed by atoms with Gasteiger partial charge in [0.05, 0.1) is 6.04 Å². The highest BCUT2D eigenvalue weighted by molar-refractivity contribution is 6.07. The van der Waals surface area contributed by atoms with Gasteiger partial charge in [-0.2, -0.15) is 0 Å². The van der Waals surface area contributed by atoms with E-state index in [9.17, 15) is 23.6 Å². The molecule has 1 aromatic rings. The summed E-state index contributed by atoms with van der Waals surface area (Å²) in [7, 11) is 0. The Balaban J connectivity index is 1.45. The first-order valence-corrected chi connectivity index (χ1v) is 11.2. The van der Waals surface area contributed by atoms with Gasteiger partial charge in [-0.05, 0) is 43.9 Å². The number of rotatable bonds is 3. The fourth-order valence-corrected chi connectivity index (χ4v) is 4.94. The molecule has 3 heterocycles. The molecule has 32 heavy (non-hydrogen) atoms. The Hall–Kier alpha value is -2.97. The second kappa shape index (κ2) is 8.52. The van der Waals surface area contributed by atoms with E-state index in [-0.39, 0.29) is 35.7 Å². The quantitative estimate of drug-likeness (QED) is 0.722. The van der Waals surface area contributed by atoms with Gasteiger partial charge in [0.2, 0.25) is 5.91 Å². The highest BCUT2D eigenvalue weighted by Crippen LogP contribution is 2.33. The van der Waals surface area contributed by atoms with Gasteiger partial charge < -0.3 is 15.1 Å². The molecule has 0 aliphatic carbocycles. The fourth-order valence-electron chi connectivity index (χ4n) is 4.94. The van der Waals surface area contributed by atoms with E-state index in [1.807, 2.05) is 13.8 Å². The first kappa shape index (κ1) is 22.2. The minimum absolute atomic E-state index is 0.0484. The average Bonchev–Trinajstić information content (AvgIpc) is 3.02. The standard InChI is InChI=1S/C23H29FN4O4/c1-15(2)19(29)26-11-8-23(9-12-26)21(31)28(22(32)25-23)18-7-4-10-27(14-18)20(30)16-5-3-6-17(24)13-16/h3,5-6,13,15,18H,4,7-12,14H2,1-2H3,(H,25,32). The van der Waals surface area contributed by atoms with Gasteiger partial charge in [0.15, 0.2) is 0 Å². The lowest BCUT2D eigenvalue weighted by Gasteiger charge is -2.39. The normalized spacial score (nSPS) is 23.1. The van der Waals surface area contributed by atoms with Crippen molar-refractivity contribution in [1.29, 1.82) is 0 Å². The summed E-state index contributed by atoms with van der Waals surface area (Å²) < 4.78 is 13.5. The van der Waals surface area contributed by atoms with Crippen LogP contribution in [0, 0.1) is 11.7 Å². The Morgan fingerprint density at radius 3 is 2.50 bits per heavy atom. The number of carbonyl (C=O) groups is 4. The van der Waals surface area contributed by atoms with Crippen molar-refractivity contribution in [1.82, 2.24) is 20.0 Å². The summed E-state index contributed by atoms with van der Waals surface area (Å²) >= 11 is 0. The minimum Gasteiger partial charge on any atom is -0.342 e. The van der Waals surface area contributed by atoms with E-state index in [4.69, 9.17) is 0 Å². The third-order valence-electron chi connectivity index (χ3n) is 6.74. The van der Waals surface area contributed by atoms with Crippen LogP contribution in [0.5, 0.6) is 0 Å². The third-order valence-corrected chi connectivity index (χ3v) is 6.74. The molecule has 9 heteroatoms. The topological polar surface area (TPSA) is 90.0 Å². The number of hydrogen-bond acceptors (Lipinski definition) is 4. The van der Waals surface area contributed by atoms with E-state index >= 15 is 0 Å². The molecular formula is C23H29FN4O4. The van der Waals surface area contributed by atoms with Crippen molar-refractivity contribution in [3.05, 3.63) is 35.6 Å². The molecule has 3 aliphatic heterocycles. The highest BCUT2D eigenvalue weighted by atomic mass is 19.1. The third kappa shape index (κ3) is 3.96. The number of hydrogen-bond donors (Lipinski definition) is 1. The van der Waals surface area contributed by atoms with Gasteiger partial charge in [-0.15, -0.1) is 0 Å². The van der Waals surface area contributed by atoms with Gasteiger partial charge in [-0.25, -0.2) is 9.18 Å². The van der Waals surface area contributed by atoms with E-state index in [1.165, 1.54) is 23.1 Å². The van der Waals surface area contributed by atoms with Gasteiger partial charge in [0.25, 0.3) is 11.8 Å². The van der Waals surface area contributed by atoms with Crippen molar-refractivity contribution in [2.45, 2.75) is 51.1 Å². The number of carbonyl (C=O) groups excluding carboxylic acids is 4. The van der Waals surface area contributed by atoms with Crippen LogP contribution in [0.1, 0.15) is 49.9 Å². The summed E-state index contributed by atoms with van der Waals surface area (Å²) in [5, 5.41) is 2.88. The average molecular weight is 445 g/mol. The summed E-state index contributed by atoms with van der Waals surface area (Å²) in [5.74, 6) is -1.13. The molecule has 0 bridgehead atoms. The number of halogens is 1. The number of likely N-dealkylation sites (tertiary alicyclic amines) is 2. The summed E-state index contributed by atoms with van der Waals surface area (Å²) in [6.07, 6.45) is 2.02. The van der Waals surface area contributed by atoms with E-state index in [0.717, 1.165) is 0 Å². The van der Waals surface area contributed by atoms with Crippen molar-refractivity contribution in [3.8, 4) is 0 Å². The van der Waals surface area contributed by atoms with Gasteiger partial charge in [-0.1, -0.05) is 19.9 Å². The van der Waals surface area contributed by atoms with E-state index in [2.05, 4.69) is 5.32 Å². The zero-order valence-electron chi connectivity index (χ0n) is 18.5. The van der Waals surface area contributed by atoms with Crippen LogP contribution >= 0.6 is 0 Å². The van der Waals surface area contributed by atoms with Crippen LogP contribution in [0.3, 0.4) is 0 Å². The molecule has 3 aliphatic rings. The van der Waals surface area contributed by atoms with Crippen LogP contribution < -0.4 is 5.32 Å². The number of piperidine rings is 2. The molecule has 4 rings (SSSR count). The number of amides is 5. The summed E-state index contributed by atoms with van der Waals surface area (Å²) in [6.45, 7) is 5.25. The summed E-state index contributed by atoms with van der Waals surface area (Å²) in [4.78, 5) is 55.9. The lowest BCUT2D eigenvalue weighted by molar-refractivity contribution is -0.141. The number of imide groups is 1. The SMILES string of the molecule is CC(C)C(=O)N1CCC2(CC1)NC(=O)N(C1CCCN(C(=O)c3cccc(F)c3)C1)C2=O. The van der Waals surface area contributed by atoms with Gasteiger partial charge >= 0.3 is 6.03 Å². The smallest absolute Gasteiger partial charge is 0.325 e. The molecule has 0 radical (unpaired) electrons.